The lowest BCUT2D eigenvalue weighted by Gasteiger charge is -2.08. The fourth-order valence-corrected chi connectivity index (χ4v) is 1.69. The minimum absolute atomic E-state index is 0.428. The second-order valence-corrected chi connectivity index (χ2v) is 4.27. The van der Waals surface area contributed by atoms with Gasteiger partial charge in [0, 0.05) is 12.3 Å². The maximum Gasteiger partial charge on any atom is 0.239 e. The highest BCUT2D eigenvalue weighted by atomic mass is 35.5. The van der Waals surface area contributed by atoms with Crippen molar-refractivity contribution in [2.75, 3.05) is 5.32 Å². The molecule has 5 nitrogen and oxygen atoms in total. The SMILES string of the molecule is C[C@@H](Nc1ccn(-c2ccccc2Cl)n1)C(N)=O. The summed E-state index contributed by atoms with van der Waals surface area (Å²) in [6.07, 6.45) is 1.76. The van der Waals surface area contributed by atoms with Crippen LogP contribution in [0.2, 0.25) is 5.02 Å². The van der Waals surface area contributed by atoms with E-state index in [1.54, 1.807) is 29.9 Å². The fraction of sp³-hybridized carbons (Fsp3) is 0.167. The number of nitrogens with one attached hydrogen (secondary N) is 1. The van der Waals surface area contributed by atoms with Gasteiger partial charge in [0.2, 0.25) is 5.91 Å². The number of aromatic nitrogens is 2. The zero-order valence-corrected chi connectivity index (χ0v) is 10.6. The van der Waals surface area contributed by atoms with E-state index in [0.29, 0.717) is 10.8 Å². The molecule has 0 aliphatic rings. The molecular weight excluding hydrogens is 252 g/mol. The Balaban J connectivity index is 2.21. The van der Waals surface area contributed by atoms with Crippen molar-refractivity contribution < 1.29 is 4.79 Å². The van der Waals surface area contributed by atoms with E-state index in [-0.39, 0.29) is 0 Å². The molecule has 0 fully saturated rings. The first-order valence-corrected chi connectivity index (χ1v) is 5.82. The number of hydrogen-bond donors (Lipinski definition) is 2. The summed E-state index contributed by atoms with van der Waals surface area (Å²) < 4.78 is 1.64. The molecule has 2 rings (SSSR count). The van der Waals surface area contributed by atoms with Crippen molar-refractivity contribution in [2.45, 2.75) is 13.0 Å². The quantitative estimate of drug-likeness (QED) is 0.885. The van der Waals surface area contributed by atoms with Gasteiger partial charge in [0.05, 0.1) is 10.7 Å². The van der Waals surface area contributed by atoms with E-state index >= 15 is 0 Å². The van der Waals surface area contributed by atoms with Crippen molar-refractivity contribution in [3.05, 3.63) is 41.6 Å². The summed E-state index contributed by atoms with van der Waals surface area (Å²) in [6.45, 7) is 1.68. The summed E-state index contributed by atoms with van der Waals surface area (Å²) in [5.74, 6) is 0.142. The van der Waals surface area contributed by atoms with Crippen molar-refractivity contribution in [1.82, 2.24) is 9.78 Å². The Bertz CT molecular complexity index is 567. The van der Waals surface area contributed by atoms with E-state index in [1.165, 1.54) is 0 Å². The molecule has 1 atom stereocenters. The summed E-state index contributed by atoms with van der Waals surface area (Å²) in [5.41, 5.74) is 5.95. The van der Waals surface area contributed by atoms with Crippen LogP contribution in [0.5, 0.6) is 0 Å². The predicted octanol–water partition coefficient (Wildman–Crippen LogP) is 1.81. The summed E-state index contributed by atoms with van der Waals surface area (Å²) in [6, 6.07) is 8.66. The van der Waals surface area contributed by atoms with Crippen LogP contribution in [0.25, 0.3) is 5.69 Å². The number of halogens is 1. The van der Waals surface area contributed by atoms with Crippen molar-refractivity contribution in [2.24, 2.45) is 5.73 Å². The number of nitrogens with two attached hydrogens (primary N) is 1. The van der Waals surface area contributed by atoms with Crippen molar-refractivity contribution in [3.63, 3.8) is 0 Å². The van der Waals surface area contributed by atoms with Gasteiger partial charge >= 0.3 is 0 Å². The van der Waals surface area contributed by atoms with E-state index < -0.39 is 11.9 Å². The number of carbonyl (C=O) groups excluding carboxylic acids is 1. The first-order chi connectivity index (χ1) is 8.58. The zero-order valence-electron chi connectivity index (χ0n) is 9.80. The highest BCUT2D eigenvalue weighted by Gasteiger charge is 2.10. The highest BCUT2D eigenvalue weighted by Crippen LogP contribution is 2.20. The molecule has 0 radical (unpaired) electrons. The number of hydrogen-bond acceptors (Lipinski definition) is 3. The van der Waals surface area contributed by atoms with Crippen LogP contribution >= 0.6 is 11.6 Å². The average molecular weight is 265 g/mol. The number of primary amides is 1. The summed E-state index contributed by atoms with van der Waals surface area (Å²) in [5, 5.41) is 7.78. The molecule has 0 saturated carbocycles. The first kappa shape index (κ1) is 12.4. The van der Waals surface area contributed by atoms with Crippen molar-refractivity contribution in [1.29, 1.82) is 0 Å². The molecule has 6 heteroatoms. The van der Waals surface area contributed by atoms with Gasteiger partial charge in [0.25, 0.3) is 0 Å². The Labute approximate surface area is 110 Å². The lowest BCUT2D eigenvalue weighted by molar-refractivity contribution is -0.118. The highest BCUT2D eigenvalue weighted by molar-refractivity contribution is 6.32. The molecule has 0 bridgehead atoms. The second-order valence-electron chi connectivity index (χ2n) is 3.87. The Morgan fingerprint density at radius 1 is 1.44 bits per heavy atom. The molecule has 94 valence electrons. The van der Waals surface area contributed by atoms with E-state index in [1.807, 2.05) is 18.2 Å². The molecule has 1 heterocycles. The van der Waals surface area contributed by atoms with Gasteiger partial charge in [-0.3, -0.25) is 4.79 Å². The summed E-state index contributed by atoms with van der Waals surface area (Å²) in [4.78, 5) is 10.9. The van der Waals surface area contributed by atoms with Crippen LogP contribution in [-0.2, 0) is 4.79 Å². The van der Waals surface area contributed by atoms with Crippen LogP contribution in [0.4, 0.5) is 5.82 Å². The van der Waals surface area contributed by atoms with Gasteiger partial charge in [-0.1, -0.05) is 23.7 Å². The van der Waals surface area contributed by atoms with E-state index in [9.17, 15) is 4.79 Å². The fourth-order valence-electron chi connectivity index (χ4n) is 1.47. The molecule has 1 aromatic carbocycles. The molecule has 18 heavy (non-hydrogen) atoms. The lowest BCUT2D eigenvalue weighted by atomic mass is 10.3. The number of anilines is 1. The number of para-hydroxylation sites is 1. The van der Waals surface area contributed by atoms with E-state index in [0.717, 1.165) is 5.69 Å². The third kappa shape index (κ3) is 2.62. The molecular formula is C12H13ClN4O. The zero-order chi connectivity index (χ0) is 13.1. The minimum atomic E-state index is -0.473. The van der Waals surface area contributed by atoms with Gasteiger partial charge < -0.3 is 11.1 Å². The normalized spacial score (nSPS) is 12.1. The van der Waals surface area contributed by atoms with Crippen molar-refractivity contribution in [3.8, 4) is 5.69 Å². The summed E-state index contributed by atoms with van der Waals surface area (Å²) in [7, 11) is 0. The third-order valence-electron chi connectivity index (χ3n) is 2.48. The molecule has 0 aliphatic carbocycles. The molecule has 3 N–H and O–H groups in total. The smallest absolute Gasteiger partial charge is 0.239 e. The number of benzene rings is 1. The van der Waals surface area contributed by atoms with Gasteiger partial charge in [-0.2, -0.15) is 5.10 Å². The maximum absolute atomic E-state index is 10.9. The number of nitrogens with zero attached hydrogens (tertiary/aromatic N) is 2. The van der Waals surface area contributed by atoms with Gasteiger partial charge in [-0.25, -0.2) is 4.68 Å². The first-order valence-electron chi connectivity index (χ1n) is 5.44. The maximum atomic E-state index is 10.9. The van der Waals surface area contributed by atoms with Crippen LogP contribution in [0.1, 0.15) is 6.92 Å². The topological polar surface area (TPSA) is 72.9 Å². The van der Waals surface area contributed by atoms with Crippen LogP contribution < -0.4 is 11.1 Å². The third-order valence-corrected chi connectivity index (χ3v) is 2.80. The largest absolute Gasteiger partial charge is 0.368 e. The molecule has 2 aromatic rings. The standard InChI is InChI=1S/C12H13ClN4O/c1-8(12(14)18)15-11-6-7-17(16-11)10-5-3-2-4-9(10)13/h2-8H,1H3,(H2,14,18)(H,15,16)/t8-/m1/s1. The van der Waals surface area contributed by atoms with Crippen LogP contribution in [0, 0.1) is 0 Å². The molecule has 0 aliphatic heterocycles. The second kappa shape index (κ2) is 5.10. The van der Waals surface area contributed by atoms with Crippen molar-refractivity contribution >= 4 is 23.3 Å². The van der Waals surface area contributed by atoms with Crippen LogP contribution in [-0.4, -0.2) is 21.7 Å². The Kier molecular flexibility index (Phi) is 3.53. The minimum Gasteiger partial charge on any atom is -0.368 e. The summed E-state index contributed by atoms with van der Waals surface area (Å²) >= 11 is 6.07. The molecule has 1 amide bonds. The van der Waals surface area contributed by atoms with Crippen LogP contribution in [0.3, 0.4) is 0 Å². The molecule has 0 unspecified atom stereocenters. The molecule has 1 aromatic heterocycles. The van der Waals surface area contributed by atoms with Crippen LogP contribution in [0.15, 0.2) is 36.5 Å². The lowest BCUT2D eigenvalue weighted by Crippen LogP contribution is -2.32. The monoisotopic (exact) mass is 264 g/mol. The number of carbonyl (C=O) groups is 1. The Hall–Kier alpha value is -2.01. The molecule has 0 spiro atoms. The molecule has 0 saturated heterocycles. The van der Waals surface area contributed by atoms with E-state index in [2.05, 4.69) is 10.4 Å². The predicted molar refractivity (Wildman–Crippen MR) is 70.9 cm³/mol. The van der Waals surface area contributed by atoms with Gasteiger partial charge in [-0.15, -0.1) is 0 Å². The Morgan fingerprint density at radius 2 is 2.17 bits per heavy atom. The number of amides is 1. The van der Waals surface area contributed by atoms with Gasteiger partial charge in [0.1, 0.15) is 11.9 Å². The number of rotatable bonds is 4. The van der Waals surface area contributed by atoms with E-state index in [4.69, 9.17) is 17.3 Å². The van der Waals surface area contributed by atoms with Gasteiger partial charge in [0.15, 0.2) is 0 Å². The average Bonchev–Trinajstić information content (AvgIpc) is 2.77. The Morgan fingerprint density at radius 3 is 2.83 bits per heavy atom. The van der Waals surface area contributed by atoms with Gasteiger partial charge in [-0.05, 0) is 19.1 Å².